The number of nitrogens with one attached hydrogen (secondary N) is 1. The lowest BCUT2D eigenvalue weighted by molar-refractivity contribution is -0.0298. The van der Waals surface area contributed by atoms with Gasteiger partial charge in [-0.1, -0.05) is 0 Å². The highest BCUT2D eigenvalue weighted by Gasteiger charge is 2.39. The van der Waals surface area contributed by atoms with Crippen molar-refractivity contribution in [2.75, 3.05) is 19.5 Å². The van der Waals surface area contributed by atoms with Crippen LogP contribution in [0.15, 0.2) is 22.7 Å². The van der Waals surface area contributed by atoms with Crippen LogP contribution >= 0.6 is 0 Å². The molecule has 0 amide bonds. The lowest BCUT2D eigenvalue weighted by atomic mass is 10.3. The second-order valence-corrected chi connectivity index (χ2v) is 4.37. The van der Waals surface area contributed by atoms with Gasteiger partial charge in [0.2, 0.25) is 12.2 Å². The van der Waals surface area contributed by atoms with Crippen LogP contribution in [0.4, 0.5) is 10.3 Å². The molecule has 21 heavy (non-hydrogen) atoms. The molecule has 1 aliphatic heterocycles. The van der Waals surface area contributed by atoms with Crippen LogP contribution in [0.3, 0.4) is 0 Å². The van der Waals surface area contributed by atoms with E-state index in [1.807, 2.05) is 0 Å². The second kappa shape index (κ2) is 4.82. The Kier molecular flexibility index (Phi) is 3.11. The number of anilines is 1. The average molecular weight is 297 g/mol. The Morgan fingerprint density at radius 2 is 2.43 bits per heavy atom. The minimum Gasteiger partial charge on any atom is -0.466 e. The molecule has 0 aromatic carbocycles. The Morgan fingerprint density at radius 1 is 1.67 bits per heavy atom. The fourth-order valence-corrected chi connectivity index (χ4v) is 2.21. The number of nitrogens with two attached hydrogens (primary N) is 1. The summed E-state index contributed by atoms with van der Waals surface area (Å²) < 4.78 is 25.7. The van der Waals surface area contributed by atoms with E-state index in [1.165, 1.54) is 18.0 Å². The summed E-state index contributed by atoms with van der Waals surface area (Å²) in [7, 11) is 1.30. The monoisotopic (exact) mass is 297 g/mol. The largest absolute Gasteiger partial charge is 0.466 e. The number of H-pyrrole nitrogens is 1. The van der Waals surface area contributed by atoms with Gasteiger partial charge in [0.1, 0.15) is 12.9 Å². The lowest BCUT2D eigenvalue weighted by Gasteiger charge is -2.19. The number of aliphatic hydroxyl groups is 1. The molecule has 0 saturated carbocycles. The standard InChI is InChI=1S/C11H12FN5O4/c1-20-7-5(12)4(2-18)21-10(7)17-3-14-6-8(17)15-11(13)16-9(6)19/h3,7,10,18H,2H2,1H3,(H3,13,15,16,19)/t7?,10-/m1/s1. The molecule has 1 aliphatic rings. The zero-order valence-electron chi connectivity index (χ0n) is 10.9. The molecule has 2 aromatic rings. The van der Waals surface area contributed by atoms with Crippen molar-refractivity contribution in [3.8, 4) is 0 Å². The molecule has 3 rings (SSSR count). The molecule has 112 valence electrons. The summed E-state index contributed by atoms with van der Waals surface area (Å²) in [4.78, 5) is 21.9. The van der Waals surface area contributed by atoms with Gasteiger partial charge in [0, 0.05) is 7.11 Å². The molecule has 0 bridgehead atoms. The number of hydrogen-bond donors (Lipinski definition) is 3. The number of aromatic amines is 1. The number of ether oxygens (including phenoxy) is 2. The molecule has 0 fully saturated rings. The van der Waals surface area contributed by atoms with E-state index < -0.39 is 30.3 Å². The molecule has 0 aliphatic carbocycles. The van der Waals surface area contributed by atoms with E-state index in [1.54, 1.807) is 0 Å². The summed E-state index contributed by atoms with van der Waals surface area (Å²) in [6, 6.07) is 0. The fourth-order valence-electron chi connectivity index (χ4n) is 2.21. The van der Waals surface area contributed by atoms with Crippen molar-refractivity contribution >= 4 is 17.1 Å². The third-order valence-corrected chi connectivity index (χ3v) is 3.16. The van der Waals surface area contributed by atoms with Crippen LogP contribution in [0.2, 0.25) is 0 Å². The van der Waals surface area contributed by atoms with Gasteiger partial charge in [-0.3, -0.25) is 14.3 Å². The van der Waals surface area contributed by atoms with Gasteiger partial charge in [0.15, 0.2) is 28.9 Å². The lowest BCUT2D eigenvalue weighted by Crippen LogP contribution is -2.24. The molecule has 9 nitrogen and oxygen atoms in total. The number of fused-ring (bicyclic) bond motifs is 1. The van der Waals surface area contributed by atoms with Crippen molar-refractivity contribution in [2.24, 2.45) is 0 Å². The number of aromatic nitrogens is 4. The fraction of sp³-hybridized carbons (Fsp3) is 0.364. The third-order valence-electron chi connectivity index (χ3n) is 3.16. The Balaban J connectivity index is 2.12. The summed E-state index contributed by atoms with van der Waals surface area (Å²) in [6.45, 7) is -0.606. The van der Waals surface area contributed by atoms with Crippen molar-refractivity contribution in [3.63, 3.8) is 0 Å². The van der Waals surface area contributed by atoms with Gasteiger partial charge in [-0.25, -0.2) is 9.37 Å². The molecule has 3 heterocycles. The summed E-state index contributed by atoms with van der Waals surface area (Å²) in [6.07, 6.45) is -0.779. The van der Waals surface area contributed by atoms with E-state index >= 15 is 0 Å². The number of methoxy groups -OCH3 is 1. The van der Waals surface area contributed by atoms with Crippen molar-refractivity contribution in [2.45, 2.75) is 12.3 Å². The molecular formula is C11H12FN5O4. The first-order chi connectivity index (χ1) is 10.1. The predicted molar refractivity (Wildman–Crippen MR) is 68.7 cm³/mol. The molecule has 0 spiro atoms. The molecule has 2 atom stereocenters. The maximum absolute atomic E-state index is 14.0. The average Bonchev–Trinajstić information content (AvgIpc) is 2.99. The highest BCUT2D eigenvalue weighted by Crippen LogP contribution is 2.36. The number of imidazole rings is 1. The highest BCUT2D eigenvalue weighted by molar-refractivity contribution is 5.70. The maximum atomic E-state index is 14.0. The third kappa shape index (κ3) is 1.96. The minimum absolute atomic E-state index is 0.0421. The first-order valence-corrected chi connectivity index (χ1v) is 5.98. The highest BCUT2D eigenvalue weighted by atomic mass is 19.1. The van der Waals surface area contributed by atoms with Crippen molar-refractivity contribution in [3.05, 3.63) is 28.3 Å². The van der Waals surface area contributed by atoms with Crippen LogP contribution in [0.1, 0.15) is 6.23 Å². The zero-order valence-corrected chi connectivity index (χ0v) is 10.9. The Hall–Kier alpha value is -2.46. The van der Waals surface area contributed by atoms with Crippen LogP contribution in [0.25, 0.3) is 11.2 Å². The van der Waals surface area contributed by atoms with E-state index in [2.05, 4.69) is 15.0 Å². The van der Waals surface area contributed by atoms with Gasteiger partial charge < -0.3 is 20.3 Å². The predicted octanol–water partition coefficient (Wildman–Crippen LogP) is -0.581. The number of halogens is 1. The molecule has 10 heteroatoms. The van der Waals surface area contributed by atoms with E-state index in [-0.39, 0.29) is 22.9 Å². The summed E-state index contributed by atoms with van der Waals surface area (Å²) in [5.74, 6) is -1.05. The van der Waals surface area contributed by atoms with E-state index in [9.17, 15) is 9.18 Å². The molecule has 0 radical (unpaired) electrons. The normalized spacial score (nSPS) is 22.0. The van der Waals surface area contributed by atoms with E-state index in [0.29, 0.717) is 0 Å². The topological polar surface area (TPSA) is 128 Å². The van der Waals surface area contributed by atoms with Gasteiger partial charge in [-0.05, 0) is 0 Å². The van der Waals surface area contributed by atoms with Gasteiger partial charge in [-0.15, -0.1) is 0 Å². The van der Waals surface area contributed by atoms with Crippen LogP contribution < -0.4 is 11.3 Å². The van der Waals surface area contributed by atoms with Crippen LogP contribution in [-0.4, -0.2) is 44.4 Å². The number of rotatable bonds is 3. The Bertz CT molecular complexity index is 783. The summed E-state index contributed by atoms with van der Waals surface area (Å²) >= 11 is 0. The van der Waals surface area contributed by atoms with Gasteiger partial charge in [-0.2, -0.15) is 4.98 Å². The smallest absolute Gasteiger partial charge is 0.280 e. The second-order valence-electron chi connectivity index (χ2n) is 4.37. The maximum Gasteiger partial charge on any atom is 0.280 e. The minimum atomic E-state index is -1.08. The number of aliphatic hydroxyl groups excluding tert-OH is 1. The van der Waals surface area contributed by atoms with E-state index in [4.69, 9.17) is 20.3 Å². The van der Waals surface area contributed by atoms with E-state index in [0.717, 1.165) is 0 Å². The van der Waals surface area contributed by atoms with Crippen molar-refractivity contribution < 1.29 is 19.0 Å². The van der Waals surface area contributed by atoms with Crippen LogP contribution in [0.5, 0.6) is 0 Å². The Morgan fingerprint density at radius 3 is 3.10 bits per heavy atom. The van der Waals surface area contributed by atoms with Gasteiger partial charge in [0.25, 0.3) is 5.56 Å². The molecule has 0 saturated heterocycles. The van der Waals surface area contributed by atoms with Gasteiger partial charge in [0.05, 0.1) is 0 Å². The molecule has 1 unspecified atom stereocenters. The zero-order chi connectivity index (χ0) is 15.1. The number of hydrogen-bond acceptors (Lipinski definition) is 7. The summed E-state index contributed by atoms with van der Waals surface area (Å²) in [5, 5.41) is 9.07. The number of nitrogen functional groups attached to an aromatic ring is 1. The Labute approximate surface area is 116 Å². The van der Waals surface area contributed by atoms with Crippen LogP contribution in [-0.2, 0) is 9.47 Å². The molecule has 2 aromatic heterocycles. The van der Waals surface area contributed by atoms with Crippen LogP contribution in [0, 0.1) is 0 Å². The SMILES string of the molecule is COC1C(F)=C(CO)O[C@H]1n1cnc2c(=O)[nH]c(N)nc21. The van der Waals surface area contributed by atoms with Gasteiger partial charge >= 0.3 is 0 Å². The first kappa shape index (κ1) is 13.5. The summed E-state index contributed by atoms with van der Waals surface area (Å²) in [5.41, 5.74) is 5.16. The van der Waals surface area contributed by atoms with Crippen molar-refractivity contribution in [1.29, 1.82) is 0 Å². The quantitative estimate of drug-likeness (QED) is 0.691. The molecular weight excluding hydrogens is 285 g/mol. The van der Waals surface area contributed by atoms with Crippen molar-refractivity contribution in [1.82, 2.24) is 19.5 Å². The first-order valence-electron chi connectivity index (χ1n) is 5.98. The number of nitrogens with zero attached hydrogens (tertiary/aromatic N) is 3. The molecule has 4 N–H and O–H groups in total.